The predicted octanol–water partition coefficient (Wildman–Crippen LogP) is 9.79. The summed E-state index contributed by atoms with van der Waals surface area (Å²) in [6.07, 6.45) is 14.2. The Kier molecular flexibility index (Phi) is 11.7. The number of aromatic nitrogens is 3. The van der Waals surface area contributed by atoms with Gasteiger partial charge in [-0.25, -0.2) is 9.37 Å². The molecule has 4 aromatic rings. The van der Waals surface area contributed by atoms with Gasteiger partial charge in [0.05, 0.1) is 35.8 Å². The second kappa shape index (κ2) is 16.8. The van der Waals surface area contributed by atoms with Crippen LogP contribution in [-0.4, -0.2) is 62.4 Å². The predicted molar refractivity (Wildman–Crippen MR) is 220 cm³/mol. The number of allylic oxidation sites excluding steroid dienone is 2. The SMILES string of the molecule is CCOC(=O)[C@]12CC(=O)[C@@H]3C[C@@H](Oc4nc5c(-c6nc(C7CCCC7)cs6)cccc5n4C(C)C)CN3C(=O)[C@@H](Cc3ccc(F)cc3)CCCCC/C=C\[C@H]1C2. The van der Waals surface area contributed by atoms with Crippen LogP contribution < -0.4 is 4.74 Å². The lowest BCUT2D eigenvalue weighted by atomic mass is 9.90. The number of halogens is 1. The molecular formula is C46H55FN4O5S. The maximum atomic E-state index is 14.8. The van der Waals surface area contributed by atoms with Crippen LogP contribution in [0.15, 0.2) is 60.0 Å². The van der Waals surface area contributed by atoms with Gasteiger partial charge in [0.25, 0.3) is 6.01 Å². The smallest absolute Gasteiger partial charge is 0.313 e. The highest BCUT2D eigenvalue weighted by Gasteiger charge is 2.61. The molecule has 1 saturated heterocycles. The Bertz CT molecular complexity index is 2120. The standard InChI is InChI=1S/C46H55FN4O5S/c1-4-55-44(54)46-25-33(46)16-9-7-5-6-8-15-32(23-30-19-21-34(47)22-20-30)43(53)50-27-35(24-39(50)40(52)26-46)56-45-49-41-36(17-12-18-38(41)51(45)29(2)3)42-48-37(28-57-42)31-13-10-11-14-31/h9,12,16-22,28-29,31-33,35,39H,4-8,10-11,13-15,23-27H2,1-3H3/b16-9-/t32-,33+,35-,39+,46-/m1/s1. The van der Waals surface area contributed by atoms with Crippen molar-refractivity contribution in [1.29, 1.82) is 0 Å². The van der Waals surface area contributed by atoms with Crippen molar-refractivity contribution in [2.75, 3.05) is 13.2 Å². The van der Waals surface area contributed by atoms with Gasteiger partial charge in [0.2, 0.25) is 5.91 Å². The topological polar surface area (TPSA) is 104 Å². The quantitative estimate of drug-likeness (QED) is 0.123. The summed E-state index contributed by atoms with van der Waals surface area (Å²) in [7, 11) is 0. The van der Waals surface area contributed by atoms with E-state index in [1.807, 2.05) is 6.07 Å². The molecule has 4 aliphatic rings. The summed E-state index contributed by atoms with van der Waals surface area (Å²) in [6, 6.07) is 12.2. The molecule has 2 aromatic heterocycles. The Morgan fingerprint density at radius 3 is 2.58 bits per heavy atom. The summed E-state index contributed by atoms with van der Waals surface area (Å²) in [5, 5.41) is 3.14. The first-order valence-corrected chi connectivity index (χ1v) is 22.1. The minimum atomic E-state index is -0.916. The van der Waals surface area contributed by atoms with Crippen LogP contribution in [0.1, 0.15) is 121 Å². The first-order chi connectivity index (χ1) is 27.6. The average Bonchev–Trinajstić information content (AvgIpc) is 3.80. The van der Waals surface area contributed by atoms with Crippen molar-refractivity contribution in [2.24, 2.45) is 17.3 Å². The van der Waals surface area contributed by atoms with E-state index >= 15 is 0 Å². The maximum Gasteiger partial charge on any atom is 0.313 e. The van der Waals surface area contributed by atoms with Gasteiger partial charge in [-0.2, -0.15) is 4.98 Å². The molecule has 8 rings (SSSR count). The van der Waals surface area contributed by atoms with Crippen LogP contribution >= 0.6 is 11.3 Å². The fraction of sp³-hybridized carbons (Fsp3) is 0.543. The Labute approximate surface area is 339 Å². The molecule has 2 aromatic carbocycles. The molecule has 0 unspecified atom stereocenters. The number of fused-ring (bicyclic) bond motifs is 3. The summed E-state index contributed by atoms with van der Waals surface area (Å²) >= 11 is 1.66. The molecule has 302 valence electrons. The third-order valence-electron chi connectivity index (χ3n) is 12.8. The normalized spacial score (nSPS) is 26.6. The minimum Gasteiger partial charge on any atom is -0.466 e. The first-order valence-electron chi connectivity index (χ1n) is 21.2. The monoisotopic (exact) mass is 794 g/mol. The van der Waals surface area contributed by atoms with Crippen LogP contribution in [0.4, 0.5) is 4.39 Å². The van der Waals surface area contributed by atoms with Gasteiger partial charge in [-0.05, 0) is 101 Å². The van der Waals surface area contributed by atoms with E-state index in [-0.39, 0.29) is 55.0 Å². The zero-order valence-corrected chi connectivity index (χ0v) is 34.3. The van der Waals surface area contributed by atoms with Gasteiger partial charge in [0.15, 0.2) is 5.78 Å². The van der Waals surface area contributed by atoms with Gasteiger partial charge in [0, 0.05) is 41.7 Å². The van der Waals surface area contributed by atoms with Crippen LogP contribution in [0.5, 0.6) is 6.01 Å². The first kappa shape index (κ1) is 39.4. The summed E-state index contributed by atoms with van der Waals surface area (Å²) in [6.45, 7) is 6.45. The Hall–Kier alpha value is -4.38. The van der Waals surface area contributed by atoms with Gasteiger partial charge in [0.1, 0.15) is 22.4 Å². The number of rotatable bonds is 9. The van der Waals surface area contributed by atoms with Gasteiger partial charge >= 0.3 is 5.97 Å². The number of esters is 1. The van der Waals surface area contributed by atoms with E-state index in [0.29, 0.717) is 37.6 Å². The number of carbonyl (C=O) groups is 3. The molecule has 0 radical (unpaired) electrons. The van der Waals surface area contributed by atoms with Crippen molar-refractivity contribution < 1.29 is 28.2 Å². The lowest BCUT2D eigenvalue weighted by Gasteiger charge is -2.29. The summed E-state index contributed by atoms with van der Waals surface area (Å²) in [4.78, 5) is 54.8. The lowest BCUT2D eigenvalue weighted by molar-refractivity contribution is -0.152. The van der Waals surface area contributed by atoms with Gasteiger partial charge in [-0.3, -0.25) is 19.0 Å². The second-order valence-electron chi connectivity index (χ2n) is 17.0. The van der Waals surface area contributed by atoms with Crippen molar-refractivity contribution in [3.8, 4) is 16.6 Å². The van der Waals surface area contributed by atoms with Crippen LogP contribution in [0, 0.1) is 23.1 Å². The third-order valence-corrected chi connectivity index (χ3v) is 13.7. The van der Waals surface area contributed by atoms with Crippen LogP contribution in [0.3, 0.4) is 0 Å². The van der Waals surface area contributed by atoms with E-state index in [1.54, 1.807) is 35.3 Å². The summed E-state index contributed by atoms with van der Waals surface area (Å²) in [5.74, 6) is -0.848. The highest BCUT2D eigenvalue weighted by molar-refractivity contribution is 7.13. The van der Waals surface area contributed by atoms with Crippen LogP contribution in [0.2, 0.25) is 0 Å². The van der Waals surface area contributed by atoms with Crippen molar-refractivity contribution in [2.45, 2.75) is 128 Å². The molecule has 1 amide bonds. The van der Waals surface area contributed by atoms with Crippen molar-refractivity contribution >= 4 is 40.0 Å². The number of benzene rings is 2. The van der Waals surface area contributed by atoms with Crippen LogP contribution in [0.25, 0.3) is 21.6 Å². The molecule has 9 nitrogen and oxygen atoms in total. The number of imidazole rings is 1. The summed E-state index contributed by atoms with van der Waals surface area (Å²) < 4.78 is 28.4. The lowest BCUT2D eigenvalue weighted by Crippen LogP contribution is -2.45. The van der Waals surface area contributed by atoms with Crippen molar-refractivity contribution in [3.05, 3.63) is 77.1 Å². The molecule has 4 heterocycles. The van der Waals surface area contributed by atoms with E-state index in [2.05, 4.69) is 48.1 Å². The molecule has 2 aliphatic carbocycles. The molecule has 2 saturated carbocycles. The highest BCUT2D eigenvalue weighted by Crippen LogP contribution is 2.58. The molecule has 3 fully saturated rings. The molecular weight excluding hydrogens is 740 g/mol. The molecule has 11 heteroatoms. The Balaban J connectivity index is 1.12. The molecule has 5 atom stereocenters. The fourth-order valence-corrected chi connectivity index (χ4v) is 10.5. The number of para-hydroxylation sites is 1. The van der Waals surface area contributed by atoms with Crippen molar-refractivity contribution in [3.63, 3.8) is 0 Å². The third kappa shape index (κ3) is 8.18. The number of thiazole rings is 1. The van der Waals surface area contributed by atoms with E-state index < -0.39 is 23.5 Å². The van der Waals surface area contributed by atoms with E-state index in [0.717, 1.165) is 52.9 Å². The number of hydrogen-bond donors (Lipinski definition) is 0. The largest absolute Gasteiger partial charge is 0.466 e. The average molecular weight is 795 g/mol. The number of ketones is 1. The van der Waals surface area contributed by atoms with E-state index in [9.17, 15) is 18.8 Å². The van der Waals surface area contributed by atoms with Gasteiger partial charge in [-0.15, -0.1) is 11.3 Å². The number of carbonyl (C=O) groups excluding carboxylic acids is 3. The molecule has 0 N–H and O–H groups in total. The molecule has 2 aliphatic heterocycles. The Morgan fingerprint density at radius 2 is 1.81 bits per heavy atom. The fourth-order valence-electron chi connectivity index (χ4n) is 9.59. The summed E-state index contributed by atoms with van der Waals surface area (Å²) in [5.41, 5.74) is 3.86. The zero-order chi connectivity index (χ0) is 39.7. The van der Waals surface area contributed by atoms with E-state index in [4.69, 9.17) is 19.4 Å². The number of Topliss-reactive ketones (excluding diaryl/α,β-unsaturated/α-hetero) is 1. The van der Waals surface area contributed by atoms with E-state index in [1.165, 1.54) is 43.5 Å². The van der Waals surface area contributed by atoms with Crippen molar-refractivity contribution in [1.82, 2.24) is 19.4 Å². The number of amides is 1. The van der Waals surface area contributed by atoms with Gasteiger partial charge in [-0.1, -0.05) is 56.0 Å². The highest BCUT2D eigenvalue weighted by atomic mass is 32.1. The molecule has 57 heavy (non-hydrogen) atoms. The number of hydrogen-bond acceptors (Lipinski definition) is 8. The Morgan fingerprint density at radius 1 is 1.02 bits per heavy atom. The zero-order valence-electron chi connectivity index (χ0n) is 33.5. The van der Waals surface area contributed by atoms with Crippen LogP contribution in [-0.2, 0) is 25.5 Å². The minimum absolute atomic E-state index is 0.00909. The maximum absolute atomic E-state index is 14.8. The number of nitrogens with zero attached hydrogens (tertiary/aromatic N) is 4. The molecule has 0 bridgehead atoms. The number of ether oxygens (including phenoxy) is 2. The molecule has 0 spiro atoms. The second-order valence-corrected chi connectivity index (χ2v) is 17.9. The van der Waals surface area contributed by atoms with Gasteiger partial charge < -0.3 is 14.4 Å².